The molecule has 1 saturated heterocycles. The van der Waals surface area contributed by atoms with Crippen LogP contribution in [0.1, 0.15) is 82.0 Å². The minimum Gasteiger partial charge on any atom is -0.465 e. The molecule has 0 bridgehead atoms. The fraction of sp³-hybridized carbons (Fsp3) is 0.714. The maximum atomic E-state index is 12.4. The highest BCUT2D eigenvalue weighted by atomic mass is 16.5. The van der Waals surface area contributed by atoms with Gasteiger partial charge < -0.3 is 26.0 Å². The third kappa shape index (κ3) is 7.20. The number of piperazine rings is 1. The van der Waals surface area contributed by atoms with Gasteiger partial charge in [-0.1, -0.05) is 12.1 Å². The summed E-state index contributed by atoms with van der Waals surface area (Å²) in [4.78, 5) is 20.0. The molecule has 4 N–H and O–H groups in total. The summed E-state index contributed by atoms with van der Waals surface area (Å²) >= 11 is 0. The molecule has 1 heterocycles. The Hall–Kier alpha value is -2.12. The van der Waals surface area contributed by atoms with E-state index in [0.29, 0.717) is 29.7 Å². The predicted molar refractivity (Wildman–Crippen MR) is 143 cm³/mol. The Bertz CT molecular complexity index is 849. The number of aliphatic imine (C=N–C) groups is 1. The van der Waals surface area contributed by atoms with Crippen LogP contribution in [-0.4, -0.2) is 61.2 Å². The molecule has 1 aliphatic heterocycles. The molecular formula is C28H45N5O2. The number of hydrogen-bond donors (Lipinski definition) is 3. The summed E-state index contributed by atoms with van der Waals surface area (Å²) in [5.41, 5.74) is 7.40. The number of para-hydroxylation sites is 1. The standard InChI is InChI=1S/C28H45N5O2/c1-19-17-33(18-20(2)30-19)28(32-26-7-5-4-6-25(26)27(34)35-3)31-24-14-10-22(11-15-24)16-21-8-12-23(29)13-9-21/h4-7,19-24,30H,8-18,29H2,1-3H3,(H,31,32). The van der Waals surface area contributed by atoms with E-state index in [1.165, 1.54) is 52.1 Å². The van der Waals surface area contributed by atoms with E-state index in [1.54, 1.807) is 6.07 Å². The Morgan fingerprint density at radius 2 is 1.63 bits per heavy atom. The summed E-state index contributed by atoms with van der Waals surface area (Å²) in [7, 11) is 1.42. The molecular weight excluding hydrogens is 438 g/mol. The number of nitrogens with zero attached hydrogens (tertiary/aromatic N) is 2. The number of ether oxygens (including phenoxy) is 1. The van der Waals surface area contributed by atoms with Crippen molar-refractivity contribution in [2.75, 3.05) is 25.5 Å². The number of hydrogen-bond acceptors (Lipinski definition) is 5. The highest BCUT2D eigenvalue weighted by Crippen LogP contribution is 2.36. The zero-order chi connectivity index (χ0) is 24.8. The largest absolute Gasteiger partial charge is 0.465 e. The number of nitrogens with one attached hydrogen (secondary N) is 2. The van der Waals surface area contributed by atoms with Gasteiger partial charge in [-0.2, -0.15) is 0 Å². The van der Waals surface area contributed by atoms with Crippen molar-refractivity contribution in [3.05, 3.63) is 29.8 Å². The maximum absolute atomic E-state index is 12.4. The van der Waals surface area contributed by atoms with E-state index < -0.39 is 0 Å². The first kappa shape index (κ1) is 26.0. The Kier molecular flexibility index (Phi) is 9.06. The van der Waals surface area contributed by atoms with Gasteiger partial charge in [-0.05, 0) is 95.6 Å². The van der Waals surface area contributed by atoms with E-state index in [4.69, 9.17) is 15.5 Å². The molecule has 0 spiro atoms. The topological polar surface area (TPSA) is 92.0 Å². The molecule has 2 unspecified atom stereocenters. The van der Waals surface area contributed by atoms with Crippen molar-refractivity contribution in [1.29, 1.82) is 0 Å². The molecule has 7 heteroatoms. The van der Waals surface area contributed by atoms with Crippen LogP contribution in [0.3, 0.4) is 0 Å². The van der Waals surface area contributed by atoms with Gasteiger partial charge in [-0.3, -0.25) is 0 Å². The van der Waals surface area contributed by atoms with E-state index in [2.05, 4.69) is 29.4 Å². The first-order chi connectivity index (χ1) is 16.9. The van der Waals surface area contributed by atoms with Gasteiger partial charge >= 0.3 is 5.97 Å². The zero-order valence-electron chi connectivity index (χ0n) is 21.8. The second kappa shape index (κ2) is 12.2. The van der Waals surface area contributed by atoms with Crippen molar-refractivity contribution >= 4 is 17.6 Å². The lowest BCUT2D eigenvalue weighted by Gasteiger charge is -2.39. The second-order valence-corrected chi connectivity index (χ2v) is 11.2. The van der Waals surface area contributed by atoms with Crippen LogP contribution in [-0.2, 0) is 4.74 Å². The predicted octanol–water partition coefficient (Wildman–Crippen LogP) is 4.39. The van der Waals surface area contributed by atoms with Crippen LogP contribution in [0, 0.1) is 11.8 Å². The van der Waals surface area contributed by atoms with Crippen molar-refractivity contribution in [1.82, 2.24) is 10.2 Å². The van der Waals surface area contributed by atoms with Crippen LogP contribution in [0.4, 0.5) is 5.69 Å². The van der Waals surface area contributed by atoms with Crippen molar-refractivity contribution in [3.8, 4) is 0 Å². The molecule has 2 saturated carbocycles. The molecule has 3 fully saturated rings. The highest BCUT2D eigenvalue weighted by Gasteiger charge is 2.29. The normalized spacial score (nSPS) is 32.2. The van der Waals surface area contributed by atoms with Gasteiger partial charge in [-0.25, -0.2) is 9.79 Å². The third-order valence-corrected chi connectivity index (χ3v) is 8.12. The number of carbonyl (C=O) groups is 1. The molecule has 0 amide bonds. The van der Waals surface area contributed by atoms with Crippen molar-refractivity contribution in [2.45, 2.75) is 95.8 Å². The summed E-state index contributed by atoms with van der Waals surface area (Å²) in [5, 5.41) is 7.15. The van der Waals surface area contributed by atoms with Gasteiger partial charge in [0.2, 0.25) is 0 Å². The van der Waals surface area contributed by atoms with Crippen LogP contribution in [0.15, 0.2) is 29.3 Å². The lowest BCUT2D eigenvalue weighted by molar-refractivity contribution is 0.0602. The van der Waals surface area contributed by atoms with Crippen LogP contribution in [0.5, 0.6) is 0 Å². The van der Waals surface area contributed by atoms with Gasteiger partial charge in [0.25, 0.3) is 0 Å². The van der Waals surface area contributed by atoms with Gasteiger partial charge in [0.15, 0.2) is 5.96 Å². The zero-order valence-corrected chi connectivity index (χ0v) is 21.8. The molecule has 2 atom stereocenters. The number of nitrogens with two attached hydrogens (primary N) is 1. The molecule has 0 radical (unpaired) electrons. The van der Waals surface area contributed by atoms with Gasteiger partial charge in [0, 0.05) is 31.2 Å². The highest BCUT2D eigenvalue weighted by molar-refractivity contribution is 6.02. The van der Waals surface area contributed by atoms with Crippen molar-refractivity contribution in [2.24, 2.45) is 22.6 Å². The number of guanidine groups is 1. The molecule has 3 aliphatic rings. The van der Waals surface area contributed by atoms with Gasteiger partial charge in [0.1, 0.15) is 0 Å². The Labute approximate surface area is 211 Å². The van der Waals surface area contributed by atoms with Crippen LogP contribution in [0.2, 0.25) is 0 Å². The Balaban J connectivity index is 1.45. The van der Waals surface area contributed by atoms with Crippen LogP contribution in [0.25, 0.3) is 0 Å². The number of anilines is 1. The summed E-state index contributed by atoms with van der Waals surface area (Å²) in [6.07, 6.45) is 11.2. The smallest absolute Gasteiger partial charge is 0.339 e. The van der Waals surface area contributed by atoms with E-state index in [0.717, 1.165) is 49.4 Å². The number of esters is 1. The first-order valence-corrected chi connectivity index (χ1v) is 13.7. The van der Waals surface area contributed by atoms with Crippen molar-refractivity contribution in [3.63, 3.8) is 0 Å². The van der Waals surface area contributed by atoms with Crippen LogP contribution < -0.4 is 16.4 Å². The molecule has 1 aromatic rings. The molecule has 0 aromatic heterocycles. The molecule has 194 valence electrons. The number of methoxy groups -OCH3 is 1. The fourth-order valence-corrected chi connectivity index (χ4v) is 6.27. The summed E-state index contributed by atoms with van der Waals surface area (Å²) in [6.45, 7) is 6.20. The van der Waals surface area contributed by atoms with Gasteiger partial charge in [0.05, 0.1) is 24.4 Å². The lowest BCUT2D eigenvalue weighted by Crippen LogP contribution is -2.57. The minimum absolute atomic E-state index is 0.319. The number of rotatable bonds is 5. The first-order valence-electron chi connectivity index (χ1n) is 13.7. The van der Waals surface area contributed by atoms with E-state index in [-0.39, 0.29) is 5.97 Å². The van der Waals surface area contributed by atoms with E-state index in [1.807, 2.05) is 18.2 Å². The average Bonchev–Trinajstić information content (AvgIpc) is 2.85. The maximum Gasteiger partial charge on any atom is 0.339 e. The molecule has 1 aromatic carbocycles. The monoisotopic (exact) mass is 483 g/mol. The number of carbonyl (C=O) groups excluding carboxylic acids is 1. The number of benzene rings is 1. The lowest BCUT2D eigenvalue weighted by atomic mass is 9.76. The van der Waals surface area contributed by atoms with E-state index >= 15 is 0 Å². The Morgan fingerprint density at radius 1 is 1.03 bits per heavy atom. The van der Waals surface area contributed by atoms with E-state index in [9.17, 15) is 4.79 Å². The Morgan fingerprint density at radius 3 is 2.26 bits per heavy atom. The summed E-state index contributed by atoms with van der Waals surface area (Å²) in [6, 6.07) is 9.05. The molecule has 35 heavy (non-hydrogen) atoms. The average molecular weight is 484 g/mol. The quantitative estimate of drug-likeness (QED) is 0.327. The molecule has 4 rings (SSSR count). The molecule has 7 nitrogen and oxygen atoms in total. The summed E-state index contributed by atoms with van der Waals surface area (Å²) < 4.78 is 5.02. The molecule has 2 aliphatic carbocycles. The van der Waals surface area contributed by atoms with Crippen LogP contribution >= 0.6 is 0 Å². The third-order valence-electron chi connectivity index (χ3n) is 8.12. The minimum atomic E-state index is -0.335. The fourth-order valence-electron chi connectivity index (χ4n) is 6.27. The van der Waals surface area contributed by atoms with Gasteiger partial charge in [-0.15, -0.1) is 0 Å². The SMILES string of the molecule is COC(=O)c1ccccc1NC(=NC1CCC(CC2CCC(N)CC2)CC1)N1CC(C)NC(C)C1. The second-order valence-electron chi connectivity index (χ2n) is 11.2. The van der Waals surface area contributed by atoms with Crippen molar-refractivity contribution < 1.29 is 9.53 Å². The summed E-state index contributed by atoms with van der Waals surface area (Å²) in [5.74, 6) is 2.25.